The largest absolute Gasteiger partial charge is 0.399 e. The lowest BCUT2D eigenvalue weighted by Crippen LogP contribution is -2.46. The van der Waals surface area contributed by atoms with E-state index in [0.29, 0.717) is 24.7 Å². The molecule has 2 rings (SSSR count). The van der Waals surface area contributed by atoms with E-state index in [4.69, 9.17) is 10.5 Å². The zero-order valence-corrected chi connectivity index (χ0v) is 13.0. The highest BCUT2D eigenvalue weighted by Crippen LogP contribution is 2.26. The van der Waals surface area contributed by atoms with Crippen LogP contribution >= 0.6 is 0 Å². The van der Waals surface area contributed by atoms with Crippen LogP contribution in [0.3, 0.4) is 0 Å². The van der Waals surface area contributed by atoms with Gasteiger partial charge >= 0.3 is 0 Å². The number of aryl methyl sites for hydroxylation is 1. The van der Waals surface area contributed by atoms with Crippen LogP contribution in [0, 0.1) is 12.8 Å². The molecule has 0 aromatic heterocycles. The van der Waals surface area contributed by atoms with Crippen LogP contribution in [-0.4, -0.2) is 39.0 Å². The van der Waals surface area contributed by atoms with Crippen LogP contribution in [0.1, 0.15) is 18.9 Å². The number of piperidine rings is 1. The van der Waals surface area contributed by atoms with E-state index >= 15 is 0 Å². The highest BCUT2D eigenvalue weighted by molar-refractivity contribution is 7.89. The third kappa shape index (κ3) is 2.97. The molecular formula is C14H22N2O3S. The molecule has 1 aromatic carbocycles. The molecule has 1 aliphatic heterocycles. The first-order valence-electron chi connectivity index (χ1n) is 6.74. The highest BCUT2D eigenvalue weighted by Gasteiger charge is 2.33. The lowest BCUT2D eigenvalue weighted by Gasteiger charge is -2.35. The Hall–Kier alpha value is -1.11. The fourth-order valence-corrected chi connectivity index (χ4v) is 4.21. The Kier molecular flexibility index (Phi) is 4.36. The molecule has 1 fully saturated rings. The summed E-state index contributed by atoms with van der Waals surface area (Å²) in [6.45, 7) is 4.85. The van der Waals surface area contributed by atoms with E-state index < -0.39 is 10.0 Å². The molecule has 1 aliphatic rings. The molecular weight excluding hydrogens is 276 g/mol. The summed E-state index contributed by atoms with van der Waals surface area (Å²) >= 11 is 0. The van der Waals surface area contributed by atoms with Gasteiger partial charge in [0, 0.05) is 25.9 Å². The predicted molar refractivity (Wildman–Crippen MR) is 78.9 cm³/mol. The molecule has 0 aliphatic carbocycles. The summed E-state index contributed by atoms with van der Waals surface area (Å²) < 4.78 is 32.2. The van der Waals surface area contributed by atoms with Crippen LogP contribution < -0.4 is 5.73 Å². The molecule has 6 heteroatoms. The summed E-state index contributed by atoms with van der Waals surface area (Å²) in [4.78, 5) is 0.263. The monoisotopic (exact) mass is 298 g/mol. The van der Waals surface area contributed by atoms with Gasteiger partial charge in [0.05, 0.1) is 11.0 Å². The van der Waals surface area contributed by atoms with Crippen LogP contribution in [0.4, 0.5) is 5.69 Å². The zero-order chi connectivity index (χ0) is 14.9. The SMILES string of the molecule is COC1CN(S(=O)(=O)c2cc(C)cc(N)c2)CCC1C. The van der Waals surface area contributed by atoms with Crippen molar-refractivity contribution in [2.75, 3.05) is 25.9 Å². The third-order valence-corrected chi connectivity index (χ3v) is 5.71. The van der Waals surface area contributed by atoms with Crippen LogP contribution in [0.5, 0.6) is 0 Å². The van der Waals surface area contributed by atoms with E-state index in [0.717, 1.165) is 12.0 Å². The molecule has 112 valence electrons. The van der Waals surface area contributed by atoms with E-state index in [9.17, 15) is 8.42 Å². The van der Waals surface area contributed by atoms with Crippen molar-refractivity contribution in [1.82, 2.24) is 4.31 Å². The average molecular weight is 298 g/mol. The van der Waals surface area contributed by atoms with Gasteiger partial charge in [-0.05, 0) is 43.0 Å². The van der Waals surface area contributed by atoms with E-state index in [2.05, 4.69) is 6.92 Å². The zero-order valence-electron chi connectivity index (χ0n) is 12.2. The number of sulfonamides is 1. The van der Waals surface area contributed by atoms with Crippen LogP contribution in [0.25, 0.3) is 0 Å². The normalized spacial score (nSPS) is 24.8. The molecule has 0 saturated carbocycles. The van der Waals surface area contributed by atoms with Crippen molar-refractivity contribution in [3.63, 3.8) is 0 Å². The van der Waals surface area contributed by atoms with Crippen LogP contribution in [0.15, 0.2) is 23.1 Å². The van der Waals surface area contributed by atoms with Crippen molar-refractivity contribution in [2.24, 2.45) is 5.92 Å². The van der Waals surface area contributed by atoms with Crippen LogP contribution in [-0.2, 0) is 14.8 Å². The summed E-state index contributed by atoms with van der Waals surface area (Å²) in [5.74, 6) is 0.369. The number of hydrogen-bond donors (Lipinski definition) is 1. The molecule has 0 spiro atoms. The van der Waals surface area contributed by atoms with E-state index in [1.54, 1.807) is 19.2 Å². The highest BCUT2D eigenvalue weighted by atomic mass is 32.2. The number of nitrogen functional groups attached to an aromatic ring is 1. The molecule has 2 atom stereocenters. The van der Waals surface area contributed by atoms with Gasteiger partial charge in [-0.1, -0.05) is 6.92 Å². The van der Waals surface area contributed by atoms with Gasteiger partial charge in [0.25, 0.3) is 0 Å². The summed E-state index contributed by atoms with van der Waals surface area (Å²) in [7, 11) is -1.87. The first kappa shape index (κ1) is 15.3. The lowest BCUT2D eigenvalue weighted by molar-refractivity contribution is 0.0184. The van der Waals surface area contributed by atoms with Crippen molar-refractivity contribution in [3.05, 3.63) is 23.8 Å². The summed E-state index contributed by atoms with van der Waals surface area (Å²) in [5.41, 5.74) is 7.07. The molecule has 20 heavy (non-hydrogen) atoms. The van der Waals surface area contributed by atoms with Gasteiger partial charge in [-0.2, -0.15) is 4.31 Å². The van der Waals surface area contributed by atoms with Crippen molar-refractivity contribution in [2.45, 2.75) is 31.3 Å². The first-order chi connectivity index (χ1) is 9.34. The topological polar surface area (TPSA) is 72.6 Å². The predicted octanol–water partition coefficient (Wildman–Crippen LogP) is 1.62. The molecule has 1 aromatic rings. The molecule has 5 nitrogen and oxygen atoms in total. The summed E-state index contributed by atoms with van der Waals surface area (Å²) in [6, 6.07) is 4.93. The van der Waals surface area contributed by atoms with Gasteiger partial charge in [0.1, 0.15) is 0 Å². The third-order valence-electron chi connectivity index (χ3n) is 3.87. The van der Waals surface area contributed by atoms with E-state index in [1.165, 1.54) is 10.4 Å². The van der Waals surface area contributed by atoms with Gasteiger partial charge in [0.2, 0.25) is 10.0 Å². The summed E-state index contributed by atoms with van der Waals surface area (Å²) in [6.07, 6.45) is 0.750. The second-order valence-electron chi connectivity index (χ2n) is 5.48. The number of ether oxygens (including phenoxy) is 1. The van der Waals surface area contributed by atoms with Gasteiger partial charge in [-0.3, -0.25) is 0 Å². The van der Waals surface area contributed by atoms with Crippen molar-refractivity contribution in [3.8, 4) is 0 Å². The van der Waals surface area contributed by atoms with E-state index in [1.807, 2.05) is 6.92 Å². The van der Waals surface area contributed by atoms with Crippen molar-refractivity contribution >= 4 is 15.7 Å². The Morgan fingerprint density at radius 2 is 2.05 bits per heavy atom. The maximum absolute atomic E-state index is 12.7. The van der Waals surface area contributed by atoms with Crippen molar-refractivity contribution < 1.29 is 13.2 Å². The first-order valence-corrected chi connectivity index (χ1v) is 8.18. The Bertz CT molecular complexity index is 566. The Morgan fingerprint density at radius 3 is 2.65 bits per heavy atom. The number of nitrogens with two attached hydrogens (primary N) is 1. The van der Waals surface area contributed by atoms with Gasteiger partial charge in [-0.25, -0.2) is 8.42 Å². The molecule has 2 N–H and O–H groups in total. The number of anilines is 1. The number of rotatable bonds is 3. The molecule has 0 radical (unpaired) electrons. The number of benzene rings is 1. The number of nitrogens with zero attached hydrogens (tertiary/aromatic N) is 1. The second kappa shape index (κ2) is 5.71. The maximum atomic E-state index is 12.7. The smallest absolute Gasteiger partial charge is 0.243 e. The standard InChI is InChI=1S/C14H22N2O3S/c1-10-6-12(15)8-13(7-10)20(17,18)16-5-4-11(2)14(9-16)19-3/h6-8,11,14H,4-5,9,15H2,1-3H3. The Labute approximate surface area is 120 Å². The minimum Gasteiger partial charge on any atom is -0.399 e. The lowest BCUT2D eigenvalue weighted by atomic mass is 9.97. The number of hydrogen-bond acceptors (Lipinski definition) is 4. The van der Waals surface area contributed by atoms with Gasteiger partial charge in [-0.15, -0.1) is 0 Å². The minimum atomic E-state index is -3.50. The molecule has 1 heterocycles. The minimum absolute atomic E-state index is 0.0549. The molecule has 2 unspecified atom stereocenters. The Morgan fingerprint density at radius 1 is 1.35 bits per heavy atom. The molecule has 0 bridgehead atoms. The van der Waals surface area contributed by atoms with E-state index in [-0.39, 0.29) is 11.0 Å². The fourth-order valence-electron chi connectivity index (χ4n) is 2.61. The van der Waals surface area contributed by atoms with Crippen LogP contribution in [0.2, 0.25) is 0 Å². The summed E-state index contributed by atoms with van der Waals surface area (Å²) in [5, 5.41) is 0. The molecule has 1 saturated heterocycles. The number of methoxy groups -OCH3 is 1. The second-order valence-corrected chi connectivity index (χ2v) is 7.42. The van der Waals surface area contributed by atoms with Gasteiger partial charge in [0.15, 0.2) is 0 Å². The van der Waals surface area contributed by atoms with Crippen molar-refractivity contribution in [1.29, 1.82) is 0 Å². The quantitative estimate of drug-likeness (QED) is 0.861. The fraction of sp³-hybridized carbons (Fsp3) is 0.571. The average Bonchev–Trinajstić information content (AvgIpc) is 2.37. The van der Waals surface area contributed by atoms with Gasteiger partial charge < -0.3 is 10.5 Å². The molecule has 0 amide bonds. The maximum Gasteiger partial charge on any atom is 0.243 e. The Balaban J connectivity index is 2.30.